The van der Waals surface area contributed by atoms with Crippen molar-refractivity contribution in [3.63, 3.8) is 0 Å². The number of hydrogen-bond donors (Lipinski definition) is 2. The van der Waals surface area contributed by atoms with Crippen molar-refractivity contribution in [1.29, 1.82) is 0 Å². The highest BCUT2D eigenvalue weighted by Crippen LogP contribution is 2.33. The predicted molar refractivity (Wildman–Crippen MR) is 155 cm³/mol. The van der Waals surface area contributed by atoms with Crippen LogP contribution >= 0.6 is 0 Å². The molecule has 0 spiro atoms. The van der Waals surface area contributed by atoms with Crippen molar-refractivity contribution in [3.8, 4) is 5.75 Å². The van der Waals surface area contributed by atoms with Gasteiger partial charge in [0.2, 0.25) is 11.8 Å². The molecule has 10 heteroatoms. The van der Waals surface area contributed by atoms with Crippen LogP contribution < -0.4 is 19.7 Å². The minimum atomic E-state index is -3.98. The van der Waals surface area contributed by atoms with Crippen LogP contribution in [-0.2, 0) is 26.0 Å². The molecule has 2 saturated heterocycles. The summed E-state index contributed by atoms with van der Waals surface area (Å²) >= 11 is 0. The number of hydrogen-bond acceptors (Lipinski definition) is 6. The molecule has 2 aliphatic rings. The monoisotopic (exact) mass is 562 g/mol. The van der Waals surface area contributed by atoms with Gasteiger partial charge in [-0.05, 0) is 67.3 Å². The molecule has 1 unspecified atom stereocenters. The van der Waals surface area contributed by atoms with E-state index in [4.69, 9.17) is 4.74 Å². The van der Waals surface area contributed by atoms with Crippen molar-refractivity contribution in [2.24, 2.45) is 5.92 Å². The third-order valence-electron chi connectivity index (χ3n) is 7.40. The highest BCUT2D eigenvalue weighted by molar-refractivity contribution is 7.92. The highest BCUT2D eigenvalue weighted by atomic mass is 32.2. The van der Waals surface area contributed by atoms with E-state index in [9.17, 15) is 18.0 Å². The van der Waals surface area contributed by atoms with E-state index in [1.807, 2.05) is 30.3 Å². The van der Waals surface area contributed by atoms with Crippen molar-refractivity contribution in [2.75, 3.05) is 48.2 Å². The molecule has 2 amide bonds. The van der Waals surface area contributed by atoms with E-state index in [1.165, 1.54) is 6.07 Å². The molecule has 0 radical (unpaired) electrons. The summed E-state index contributed by atoms with van der Waals surface area (Å²) in [6.45, 7) is 2.42. The minimum Gasteiger partial charge on any atom is -0.497 e. The van der Waals surface area contributed by atoms with Gasteiger partial charge < -0.3 is 19.9 Å². The Bertz CT molecular complexity index is 1460. The molecule has 0 bridgehead atoms. The van der Waals surface area contributed by atoms with Crippen LogP contribution in [0.2, 0.25) is 0 Å². The van der Waals surface area contributed by atoms with Gasteiger partial charge in [0.15, 0.2) is 0 Å². The molecule has 3 aromatic carbocycles. The van der Waals surface area contributed by atoms with E-state index < -0.39 is 15.9 Å². The molecule has 2 fully saturated rings. The molecule has 3 aromatic rings. The first-order valence-corrected chi connectivity index (χ1v) is 15.0. The first kappa shape index (κ1) is 27.5. The van der Waals surface area contributed by atoms with E-state index in [0.717, 1.165) is 37.9 Å². The number of nitrogens with zero attached hydrogens (tertiary/aromatic N) is 2. The van der Waals surface area contributed by atoms with E-state index in [-0.39, 0.29) is 23.1 Å². The van der Waals surface area contributed by atoms with Crippen molar-refractivity contribution in [2.45, 2.75) is 30.6 Å². The molecule has 0 aromatic heterocycles. The number of amides is 2. The Labute approximate surface area is 235 Å². The molecule has 40 heavy (non-hydrogen) atoms. The molecule has 2 heterocycles. The standard InChI is InChI=1S/C30H34N4O5S/c1-39-26-12-9-24(10-13-26)32-40(37,38)28-20-25(11-14-27(28)33-16-5-6-17-33)31-30(36)23-19-29(35)34(21-23)18-15-22-7-3-2-4-8-22/h2-4,7-14,20,23,32H,5-6,15-19,21H2,1H3,(H,31,36). The maximum Gasteiger partial charge on any atom is 0.264 e. The van der Waals surface area contributed by atoms with Crippen LogP contribution in [0.15, 0.2) is 77.7 Å². The van der Waals surface area contributed by atoms with Crippen LogP contribution in [0.3, 0.4) is 0 Å². The quantitative estimate of drug-likeness (QED) is 0.385. The van der Waals surface area contributed by atoms with Gasteiger partial charge in [-0.1, -0.05) is 30.3 Å². The summed E-state index contributed by atoms with van der Waals surface area (Å²) in [4.78, 5) is 29.6. The van der Waals surface area contributed by atoms with Crippen LogP contribution in [0.5, 0.6) is 5.75 Å². The summed E-state index contributed by atoms with van der Waals surface area (Å²) in [5.41, 5.74) is 2.51. The summed E-state index contributed by atoms with van der Waals surface area (Å²) in [5, 5.41) is 2.86. The molecule has 2 N–H and O–H groups in total. The second kappa shape index (κ2) is 12.0. The van der Waals surface area contributed by atoms with E-state index in [1.54, 1.807) is 48.4 Å². The van der Waals surface area contributed by atoms with E-state index in [2.05, 4.69) is 14.9 Å². The van der Waals surface area contributed by atoms with Gasteiger partial charge >= 0.3 is 0 Å². The SMILES string of the molecule is COc1ccc(NS(=O)(=O)c2cc(NC(=O)C3CC(=O)N(CCc4ccccc4)C3)ccc2N2CCCC2)cc1. The molecule has 0 saturated carbocycles. The molecular weight excluding hydrogens is 528 g/mol. The van der Waals surface area contributed by atoms with Crippen LogP contribution in [0, 0.1) is 5.92 Å². The van der Waals surface area contributed by atoms with Crippen molar-refractivity contribution in [1.82, 2.24) is 4.90 Å². The maximum atomic E-state index is 13.6. The fourth-order valence-electron chi connectivity index (χ4n) is 5.21. The second-order valence-electron chi connectivity index (χ2n) is 10.2. The number of methoxy groups -OCH3 is 1. The van der Waals surface area contributed by atoms with Gasteiger partial charge in [-0.15, -0.1) is 0 Å². The average Bonchev–Trinajstić information content (AvgIpc) is 3.63. The third kappa shape index (κ3) is 6.39. The van der Waals surface area contributed by atoms with Crippen LogP contribution in [0.4, 0.5) is 17.1 Å². The molecule has 210 valence electrons. The van der Waals surface area contributed by atoms with Crippen LogP contribution in [-0.4, -0.2) is 58.4 Å². The largest absolute Gasteiger partial charge is 0.497 e. The van der Waals surface area contributed by atoms with Gasteiger partial charge in [-0.2, -0.15) is 0 Å². The Hall–Kier alpha value is -4.05. The lowest BCUT2D eigenvalue weighted by atomic mass is 10.1. The summed E-state index contributed by atoms with van der Waals surface area (Å²) in [5.74, 6) is -0.225. The highest BCUT2D eigenvalue weighted by Gasteiger charge is 2.34. The number of likely N-dealkylation sites (tertiary alicyclic amines) is 1. The van der Waals surface area contributed by atoms with Crippen LogP contribution in [0.25, 0.3) is 0 Å². The third-order valence-corrected chi connectivity index (χ3v) is 8.81. The second-order valence-corrected chi connectivity index (χ2v) is 11.8. The Balaban J connectivity index is 1.31. The first-order valence-electron chi connectivity index (χ1n) is 13.5. The maximum absolute atomic E-state index is 13.6. The Morgan fingerprint density at radius 1 is 0.975 bits per heavy atom. The van der Waals surface area contributed by atoms with Crippen molar-refractivity contribution in [3.05, 3.63) is 78.4 Å². The lowest BCUT2D eigenvalue weighted by Gasteiger charge is -2.23. The Morgan fingerprint density at radius 3 is 2.38 bits per heavy atom. The number of sulfonamides is 1. The molecule has 2 aliphatic heterocycles. The van der Waals surface area contributed by atoms with Gasteiger partial charge in [0.1, 0.15) is 10.6 Å². The first-order chi connectivity index (χ1) is 19.3. The van der Waals surface area contributed by atoms with E-state index >= 15 is 0 Å². The summed E-state index contributed by atoms with van der Waals surface area (Å²) < 4.78 is 35.0. The number of ether oxygens (including phenoxy) is 1. The number of carbonyl (C=O) groups is 2. The van der Waals surface area contributed by atoms with Crippen molar-refractivity contribution >= 4 is 38.9 Å². The lowest BCUT2D eigenvalue weighted by Crippen LogP contribution is -2.30. The summed E-state index contributed by atoms with van der Waals surface area (Å²) in [7, 11) is -2.43. The van der Waals surface area contributed by atoms with Gasteiger partial charge in [0.25, 0.3) is 10.0 Å². The number of carbonyl (C=O) groups excluding carboxylic acids is 2. The minimum absolute atomic E-state index is 0.0487. The van der Waals surface area contributed by atoms with Crippen LogP contribution in [0.1, 0.15) is 24.8 Å². The molecule has 0 aliphatic carbocycles. The molecule has 1 atom stereocenters. The van der Waals surface area contributed by atoms with Gasteiger partial charge in [-0.25, -0.2) is 8.42 Å². The predicted octanol–water partition coefficient (Wildman–Crippen LogP) is 4.13. The summed E-state index contributed by atoms with van der Waals surface area (Å²) in [6.07, 6.45) is 2.83. The van der Waals surface area contributed by atoms with E-state index in [0.29, 0.717) is 35.9 Å². The van der Waals surface area contributed by atoms with Gasteiger partial charge in [0.05, 0.1) is 18.7 Å². The van der Waals surface area contributed by atoms with Gasteiger partial charge in [0, 0.05) is 44.0 Å². The summed E-state index contributed by atoms with van der Waals surface area (Å²) in [6, 6.07) is 21.5. The Morgan fingerprint density at radius 2 is 1.68 bits per heavy atom. The smallest absolute Gasteiger partial charge is 0.264 e. The number of anilines is 3. The zero-order chi connectivity index (χ0) is 28.1. The van der Waals surface area contributed by atoms with Gasteiger partial charge in [-0.3, -0.25) is 14.3 Å². The molecule has 5 rings (SSSR count). The average molecular weight is 563 g/mol. The number of rotatable bonds is 10. The molecular formula is C30H34N4O5S. The molecule has 9 nitrogen and oxygen atoms in total. The van der Waals surface area contributed by atoms with Crippen molar-refractivity contribution < 1.29 is 22.7 Å². The zero-order valence-electron chi connectivity index (χ0n) is 22.5. The lowest BCUT2D eigenvalue weighted by molar-refractivity contribution is -0.128. The fraction of sp³-hybridized carbons (Fsp3) is 0.333. The fourth-order valence-corrected chi connectivity index (χ4v) is 6.52. The number of nitrogens with one attached hydrogen (secondary N) is 2. The topological polar surface area (TPSA) is 108 Å². The zero-order valence-corrected chi connectivity index (χ0v) is 23.3. The number of benzene rings is 3. The Kier molecular flexibility index (Phi) is 8.25. The normalized spacial score (nSPS) is 17.2.